The molecule has 0 saturated heterocycles. The molecule has 0 amide bonds. The molecule has 178 valence electrons. The first kappa shape index (κ1) is 23.1. The molecule has 35 heavy (non-hydrogen) atoms. The first-order valence-corrected chi connectivity index (χ1v) is 12.9. The molecule has 0 spiro atoms. The largest absolute Gasteiger partial charge is 0.493 e. The van der Waals surface area contributed by atoms with Crippen molar-refractivity contribution in [3.8, 4) is 5.75 Å². The molecular weight excluding hydrogens is 452 g/mol. The van der Waals surface area contributed by atoms with Crippen LogP contribution in [0.15, 0.2) is 78.0 Å². The summed E-state index contributed by atoms with van der Waals surface area (Å²) in [5, 5.41) is 6.45. The van der Waals surface area contributed by atoms with Crippen molar-refractivity contribution < 1.29 is 4.74 Å². The van der Waals surface area contributed by atoms with Gasteiger partial charge in [-0.25, -0.2) is 4.98 Å². The third-order valence-corrected chi connectivity index (χ3v) is 7.01. The molecule has 0 radical (unpaired) electrons. The lowest BCUT2D eigenvalue weighted by atomic mass is 10.0. The minimum absolute atomic E-state index is 0.442. The van der Waals surface area contributed by atoms with Crippen LogP contribution in [0.1, 0.15) is 42.9 Å². The molecular formula is C29H30N4OS. The highest BCUT2D eigenvalue weighted by atomic mass is 32.1. The summed E-state index contributed by atoms with van der Waals surface area (Å²) in [5.74, 6) is 1.45. The van der Waals surface area contributed by atoms with Gasteiger partial charge in [0.15, 0.2) is 0 Å². The second kappa shape index (κ2) is 10.3. The van der Waals surface area contributed by atoms with E-state index in [4.69, 9.17) is 4.74 Å². The van der Waals surface area contributed by atoms with Crippen molar-refractivity contribution in [2.75, 3.05) is 12.0 Å². The number of aromatic nitrogens is 2. The van der Waals surface area contributed by atoms with Crippen LogP contribution in [-0.4, -0.2) is 22.4 Å². The van der Waals surface area contributed by atoms with E-state index in [2.05, 4.69) is 95.6 Å². The average Bonchev–Trinajstić information content (AvgIpc) is 3.43. The van der Waals surface area contributed by atoms with E-state index in [1.54, 1.807) is 11.3 Å². The predicted molar refractivity (Wildman–Crippen MR) is 148 cm³/mol. The maximum absolute atomic E-state index is 6.20. The number of ether oxygens (including phenoxy) is 1. The lowest BCUT2D eigenvalue weighted by Crippen LogP contribution is -2.06. The molecule has 5 nitrogen and oxygen atoms in total. The quantitative estimate of drug-likeness (QED) is 0.134. The second-order valence-electron chi connectivity index (χ2n) is 9.05. The van der Waals surface area contributed by atoms with Crippen LogP contribution >= 0.6 is 11.3 Å². The number of fused-ring (bicyclic) bond motifs is 2. The van der Waals surface area contributed by atoms with Crippen LogP contribution < -0.4 is 10.2 Å². The Morgan fingerprint density at radius 2 is 1.91 bits per heavy atom. The molecule has 5 rings (SSSR count). The molecule has 0 bridgehead atoms. The highest BCUT2D eigenvalue weighted by molar-refractivity contribution is 7.22. The Bertz CT molecular complexity index is 1450. The molecule has 2 heterocycles. The average molecular weight is 483 g/mol. The Balaban J connectivity index is 1.26. The fraction of sp³-hybridized carbons (Fsp3) is 0.241. The number of para-hydroxylation sites is 2. The van der Waals surface area contributed by atoms with E-state index < -0.39 is 0 Å². The van der Waals surface area contributed by atoms with Gasteiger partial charge in [0.05, 0.1) is 23.0 Å². The molecule has 0 fully saturated rings. The zero-order valence-electron chi connectivity index (χ0n) is 20.4. The van der Waals surface area contributed by atoms with E-state index in [9.17, 15) is 0 Å². The molecule has 0 aliphatic heterocycles. The summed E-state index contributed by atoms with van der Waals surface area (Å²) in [5.41, 5.74) is 8.85. The van der Waals surface area contributed by atoms with Crippen molar-refractivity contribution in [2.45, 2.75) is 39.7 Å². The summed E-state index contributed by atoms with van der Waals surface area (Å²) in [6.07, 6.45) is 4.97. The third kappa shape index (κ3) is 5.23. The number of rotatable bonds is 9. The number of hydrazone groups is 1. The first-order chi connectivity index (χ1) is 17.1. The third-order valence-electron chi connectivity index (χ3n) is 6.07. The molecule has 0 unspecified atom stereocenters. The number of nitrogens with one attached hydrogen (secondary N) is 1. The number of hydrogen-bond acceptors (Lipinski definition) is 5. The number of thiazole rings is 1. The van der Waals surface area contributed by atoms with Gasteiger partial charge in [-0.05, 0) is 54.7 Å². The van der Waals surface area contributed by atoms with Crippen molar-refractivity contribution in [2.24, 2.45) is 5.10 Å². The monoisotopic (exact) mass is 482 g/mol. The summed E-state index contributed by atoms with van der Waals surface area (Å²) < 4.78 is 9.64. The van der Waals surface area contributed by atoms with Crippen LogP contribution in [0, 0.1) is 6.92 Å². The summed E-state index contributed by atoms with van der Waals surface area (Å²) in [4.78, 5) is 4.58. The van der Waals surface area contributed by atoms with Gasteiger partial charge >= 0.3 is 0 Å². The van der Waals surface area contributed by atoms with Crippen molar-refractivity contribution in [3.05, 3.63) is 89.6 Å². The minimum atomic E-state index is 0.442. The van der Waals surface area contributed by atoms with Crippen molar-refractivity contribution in [1.82, 2.24) is 9.55 Å². The van der Waals surface area contributed by atoms with E-state index in [1.165, 1.54) is 22.0 Å². The maximum Gasteiger partial charge on any atom is 0.204 e. The van der Waals surface area contributed by atoms with Gasteiger partial charge in [0.25, 0.3) is 0 Å². The van der Waals surface area contributed by atoms with Crippen LogP contribution in [0.5, 0.6) is 5.75 Å². The van der Waals surface area contributed by atoms with Gasteiger partial charge in [0, 0.05) is 29.2 Å². The molecule has 0 saturated carbocycles. The topological polar surface area (TPSA) is 51.4 Å². The van der Waals surface area contributed by atoms with Crippen LogP contribution in [0.2, 0.25) is 0 Å². The van der Waals surface area contributed by atoms with Crippen molar-refractivity contribution in [3.63, 3.8) is 0 Å². The molecule has 3 aromatic carbocycles. The predicted octanol–water partition coefficient (Wildman–Crippen LogP) is 7.60. The normalized spacial score (nSPS) is 11.8. The Labute approximate surface area is 210 Å². The maximum atomic E-state index is 6.20. The number of nitrogens with zero attached hydrogens (tertiary/aromatic N) is 3. The zero-order valence-corrected chi connectivity index (χ0v) is 21.2. The van der Waals surface area contributed by atoms with Gasteiger partial charge < -0.3 is 9.30 Å². The van der Waals surface area contributed by atoms with Crippen LogP contribution in [0.3, 0.4) is 0 Å². The standard InChI is InChI=1S/C29H30N4OS/c1-20(2)23-14-13-21(3)17-27(23)34-16-8-15-33-19-22(24-9-4-6-11-26(24)33)18-30-32-29-31-25-10-5-7-12-28(25)35-29/h4-7,9-14,17-20H,8,15-16H2,1-3H3,(H,31,32)/b30-18-. The van der Waals surface area contributed by atoms with Crippen LogP contribution in [0.25, 0.3) is 21.1 Å². The molecule has 1 N–H and O–H groups in total. The second-order valence-corrected chi connectivity index (χ2v) is 10.1. The van der Waals surface area contributed by atoms with Crippen molar-refractivity contribution >= 4 is 43.8 Å². The van der Waals surface area contributed by atoms with Crippen LogP contribution in [-0.2, 0) is 6.54 Å². The lowest BCUT2D eigenvalue weighted by molar-refractivity contribution is 0.298. The molecule has 0 aliphatic rings. The molecule has 5 aromatic rings. The lowest BCUT2D eigenvalue weighted by Gasteiger charge is -2.15. The van der Waals surface area contributed by atoms with E-state index in [0.717, 1.165) is 39.6 Å². The van der Waals surface area contributed by atoms with Gasteiger partial charge in [0.2, 0.25) is 5.13 Å². The Morgan fingerprint density at radius 1 is 1.09 bits per heavy atom. The van der Waals surface area contributed by atoms with Crippen molar-refractivity contribution in [1.29, 1.82) is 0 Å². The number of anilines is 1. The number of hydrogen-bond donors (Lipinski definition) is 1. The van der Waals surface area contributed by atoms with E-state index >= 15 is 0 Å². The molecule has 0 atom stereocenters. The van der Waals surface area contributed by atoms with Crippen LogP contribution in [0.4, 0.5) is 5.13 Å². The number of benzene rings is 3. The number of aryl methyl sites for hydroxylation is 2. The molecule has 2 aromatic heterocycles. The van der Waals surface area contributed by atoms with E-state index in [1.807, 2.05) is 24.4 Å². The van der Waals surface area contributed by atoms with Gasteiger partial charge in [-0.3, -0.25) is 5.43 Å². The summed E-state index contributed by atoms with van der Waals surface area (Å²) >= 11 is 1.60. The first-order valence-electron chi connectivity index (χ1n) is 12.0. The summed E-state index contributed by atoms with van der Waals surface area (Å²) in [7, 11) is 0. The Morgan fingerprint density at radius 3 is 2.77 bits per heavy atom. The van der Waals surface area contributed by atoms with Gasteiger partial charge in [-0.15, -0.1) is 0 Å². The van der Waals surface area contributed by atoms with Gasteiger partial charge in [-0.1, -0.05) is 67.6 Å². The zero-order chi connectivity index (χ0) is 24.2. The fourth-order valence-electron chi connectivity index (χ4n) is 4.30. The molecule has 6 heteroatoms. The van der Waals surface area contributed by atoms with E-state index in [0.29, 0.717) is 12.5 Å². The SMILES string of the molecule is Cc1ccc(C(C)C)c(OCCCn2cc(/C=N\Nc3nc4ccccc4s3)c3ccccc32)c1. The summed E-state index contributed by atoms with van der Waals surface area (Å²) in [6.45, 7) is 8.08. The fourth-order valence-corrected chi connectivity index (χ4v) is 5.12. The minimum Gasteiger partial charge on any atom is -0.493 e. The van der Waals surface area contributed by atoms with Gasteiger partial charge in [-0.2, -0.15) is 5.10 Å². The van der Waals surface area contributed by atoms with E-state index in [-0.39, 0.29) is 0 Å². The highest BCUT2D eigenvalue weighted by Crippen LogP contribution is 2.28. The highest BCUT2D eigenvalue weighted by Gasteiger charge is 2.10. The summed E-state index contributed by atoms with van der Waals surface area (Å²) in [6, 6.07) is 23.0. The Kier molecular flexibility index (Phi) is 6.82. The van der Waals surface area contributed by atoms with Gasteiger partial charge in [0.1, 0.15) is 5.75 Å². The smallest absolute Gasteiger partial charge is 0.204 e. The Hall–Kier alpha value is -3.64. The molecule has 0 aliphatic carbocycles.